The summed E-state index contributed by atoms with van der Waals surface area (Å²) in [4.78, 5) is 36.7. The van der Waals surface area contributed by atoms with E-state index >= 15 is 0 Å². The Morgan fingerprint density at radius 3 is 1.47 bits per heavy atom. The lowest BCUT2D eigenvalue weighted by Crippen LogP contribution is -2.24. The molecule has 0 amide bonds. The SMILES string of the molecule is O=c1c2ccccc2nc(-c2ccc(OS(=O)(=O)O)cc2)n1CCCCCCCCCCn1cc(Cn2c(-c3ccc(OS(=O)(=O)O)cc3)nc3ccccc3c2=O)nn1. The van der Waals surface area contributed by atoms with Crippen molar-refractivity contribution in [2.75, 3.05) is 0 Å². The maximum atomic E-state index is 13.7. The van der Waals surface area contributed by atoms with Gasteiger partial charge in [-0.3, -0.25) is 32.5 Å². The van der Waals surface area contributed by atoms with Crippen LogP contribution in [0.3, 0.4) is 0 Å². The molecule has 0 aliphatic heterocycles. The molecule has 312 valence electrons. The fourth-order valence-corrected chi connectivity index (χ4v) is 7.69. The van der Waals surface area contributed by atoms with Crippen molar-refractivity contribution in [2.45, 2.75) is 71.0 Å². The van der Waals surface area contributed by atoms with Gasteiger partial charge in [0.05, 0.1) is 34.5 Å². The molecule has 0 aliphatic rings. The van der Waals surface area contributed by atoms with E-state index in [0.717, 1.165) is 51.4 Å². The van der Waals surface area contributed by atoms with E-state index in [1.54, 1.807) is 76.0 Å². The molecule has 19 heteroatoms. The van der Waals surface area contributed by atoms with Gasteiger partial charge in [0.25, 0.3) is 11.1 Å². The van der Waals surface area contributed by atoms with Crippen LogP contribution in [0.2, 0.25) is 0 Å². The van der Waals surface area contributed by atoms with Crippen LogP contribution in [0.1, 0.15) is 57.1 Å². The third-order valence-corrected chi connectivity index (χ3v) is 10.6. The van der Waals surface area contributed by atoms with Gasteiger partial charge in [-0.05, 0) is 85.6 Å². The Balaban J connectivity index is 0.887. The summed E-state index contributed by atoms with van der Waals surface area (Å²) in [5.74, 6) is 0.642. The quantitative estimate of drug-likeness (QED) is 0.0676. The second-order valence-electron chi connectivity index (χ2n) is 14.1. The maximum absolute atomic E-state index is 13.7. The topological polar surface area (TPSA) is 228 Å². The van der Waals surface area contributed by atoms with E-state index in [1.807, 2.05) is 12.3 Å². The van der Waals surface area contributed by atoms with Gasteiger partial charge in [0.15, 0.2) is 0 Å². The molecule has 7 rings (SSSR count). The van der Waals surface area contributed by atoms with Gasteiger partial charge in [-0.2, -0.15) is 16.8 Å². The largest absolute Gasteiger partial charge is 0.446 e. The first kappa shape index (κ1) is 41.9. The molecule has 0 radical (unpaired) electrons. The number of aromatic nitrogens is 7. The fraction of sp³-hybridized carbons (Fsp3) is 0.268. The maximum Gasteiger partial charge on any atom is 0.446 e. The van der Waals surface area contributed by atoms with Crippen LogP contribution in [0.15, 0.2) is 113 Å². The van der Waals surface area contributed by atoms with Crippen molar-refractivity contribution in [1.29, 1.82) is 0 Å². The van der Waals surface area contributed by atoms with E-state index in [0.29, 0.717) is 63.4 Å². The highest BCUT2D eigenvalue weighted by atomic mass is 32.3. The molecule has 0 fully saturated rings. The van der Waals surface area contributed by atoms with Crippen molar-refractivity contribution in [3.8, 4) is 34.3 Å². The summed E-state index contributed by atoms with van der Waals surface area (Å²) >= 11 is 0. The minimum atomic E-state index is -4.69. The predicted molar refractivity (Wildman–Crippen MR) is 223 cm³/mol. The molecular weight excluding hydrogens is 815 g/mol. The Kier molecular flexibility index (Phi) is 12.8. The van der Waals surface area contributed by atoms with Gasteiger partial charge >= 0.3 is 20.8 Å². The molecule has 0 unspecified atom stereocenters. The molecule has 0 atom stereocenters. The van der Waals surface area contributed by atoms with E-state index in [4.69, 9.17) is 19.1 Å². The first-order chi connectivity index (χ1) is 28.8. The van der Waals surface area contributed by atoms with Crippen LogP contribution in [-0.4, -0.2) is 60.0 Å². The lowest BCUT2D eigenvalue weighted by molar-refractivity contribution is 0.384. The first-order valence-electron chi connectivity index (χ1n) is 19.2. The zero-order valence-corrected chi connectivity index (χ0v) is 33.8. The van der Waals surface area contributed by atoms with Crippen LogP contribution in [-0.2, 0) is 40.4 Å². The number of fused-ring (bicyclic) bond motifs is 2. The van der Waals surface area contributed by atoms with Crippen LogP contribution >= 0.6 is 0 Å². The Morgan fingerprint density at radius 1 is 0.533 bits per heavy atom. The molecule has 7 aromatic rings. The average Bonchev–Trinajstić information content (AvgIpc) is 3.67. The molecule has 17 nitrogen and oxygen atoms in total. The molecule has 2 N–H and O–H groups in total. The molecule has 60 heavy (non-hydrogen) atoms. The minimum absolute atomic E-state index is 0.0642. The van der Waals surface area contributed by atoms with Gasteiger partial charge in [-0.1, -0.05) is 68.0 Å². The Morgan fingerprint density at radius 2 is 0.967 bits per heavy atom. The molecule has 0 spiro atoms. The van der Waals surface area contributed by atoms with Crippen LogP contribution in [0.4, 0.5) is 0 Å². The number of benzene rings is 4. The molecule has 0 saturated carbocycles. The van der Waals surface area contributed by atoms with Gasteiger partial charge in [0, 0.05) is 24.2 Å². The lowest BCUT2D eigenvalue weighted by Gasteiger charge is -2.14. The highest BCUT2D eigenvalue weighted by Crippen LogP contribution is 2.25. The molecule has 3 heterocycles. The van der Waals surface area contributed by atoms with Gasteiger partial charge < -0.3 is 8.37 Å². The van der Waals surface area contributed by atoms with Crippen LogP contribution in [0.25, 0.3) is 44.6 Å². The normalized spacial score (nSPS) is 12.0. The van der Waals surface area contributed by atoms with E-state index < -0.39 is 20.8 Å². The number of hydrogen-bond acceptors (Lipinski definition) is 12. The van der Waals surface area contributed by atoms with Crippen molar-refractivity contribution < 1.29 is 34.3 Å². The van der Waals surface area contributed by atoms with Gasteiger partial charge in [0.2, 0.25) is 0 Å². The molecule has 0 aliphatic carbocycles. The van der Waals surface area contributed by atoms with Crippen molar-refractivity contribution >= 4 is 42.6 Å². The Hall–Kier alpha value is -6.28. The highest BCUT2D eigenvalue weighted by molar-refractivity contribution is 7.81. The second kappa shape index (κ2) is 18.3. The van der Waals surface area contributed by atoms with E-state index in [9.17, 15) is 26.4 Å². The van der Waals surface area contributed by atoms with Crippen LogP contribution < -0.4 is 19.5 Å². The number of para-hydroxylation sites is 2. The minimum Gasteiger partial charge on any atom is -0.362 e. The summed E-state index contributed by atoms with van der Waals surface area (Å²) in [5.41, 5.74) is 2.33. The summed E-state index contributed by atoms with van der Waals surface area (Å²) in [7, 11) is -9.36. The first-order valence-corrected chi connectivity index (χ1v) is 22.0. The number of hydrogen-bond donors (Lipinski definition) is 2. The zero-order valence-electron chi connectivity index (χ0n) is 32.2. The predicted octanol–water partition coefficient (Wildman–Crippen LogP) is 6.26. The van der Waals surface area contributed by atoms with Crippen molar-refractivity contribution in [3.05, 3.63) is 130 Å². The number of rotatable bonds is 19. The number of unbranched alkanes of at least 4 members (excludes halogenated alkanes) is 7. The van der Waals surface area contributed by atoms with Crippen LogP contribution in [0.5, 0.6) is 11.5 Å². The van der Waals surface area contributed by atoms with Gasteiger partial charge in [0.1, 0.15) is 28.8 Å². The van der Waals surface area contributed by atoms with Crippen molar-refractivity contribution in [2.24, 2.45) is 0 Å². The number of aryl methyl sites for hydroxylation is 1. The highest BCUT2D eigenvalue weighted by Gasteiger charge is 2.17. The molecule has 0 saturated heterocycles. The second-order valence-corrected chi connectivity index (χ2v) is 16.2. The summed E-state index contributed by atoms with van der Waals surface area (Å²) in [6.07, 6.45) is 9.57. The third kappa shape index (κ3) is 10.7. The van der Waals surface area contributed by atoms with Gasteiger partial charge in [-0.15, -0.1) is 5.10 Å². The fourth-order valence-electron chi connectivity index (χ4n) is 6.98. The van der Waals surface area contributed by atoms with E-state index in [-0.39, 0.29) is 29.2 Å². The number of nitrogens with zero attached hydrogens (tertiary/aromatic N) is 7. The van der Waals surface area contributed by atoms with Crippen molar-refractivity contribution in [1.82, 2.24) is 34.1 Å². The van der Waals surface area contributed by atoms with Gasteiger partial charge in [-0.25, -0.2) is 9.97 Å². The Labute approximate surface area is 344 Å². The average molecular weight is 856 g/mol. The summed E-state index contributed by atoms with van der Waals surface area (Å²) in [5, 5.41) is 9.54. The van der Waals surface area contributed by atoms with Crippen molar-refractivity contribution in [3.63, 3.8) is 0 Å². The smallest absolute Gasteiger partial charge is 0.362 e. The standard InChI is InChI=1S/C41H41N7O10S2/c49-40-34-13-7-9-15-36(34)42-38(29-17-21-32(22-18-29)57-59(51,52)53)47(40)26-12-6-4-2-1-3-5-11-25-46-27-31(44-45-46)28-48-39(43-37-16-10-8-14-35(37)41(48)50)30-19-23-33(24-20-30)58-60(54,55)56/h7-10,13-24,27H,1-6,11-12,25-26,28H2,(H,51,52,53)(H,54,55,56). The summed E-state index contributed by atoms with van der Waals surface area (Å²) in [6.45, 7) is 1.22. The monoisotopic (exact) mass is 855 g/mol. The Bertz CT molecular complexity index is 2970. The lowest BCUT2D eigenvalue weighted by atomic mass is 10.1. The summed E-state index contributed by atoms with van der Waals surface area (Å²) < 4.78 is 76.5. The molecule has 3 aromatic heterocycles. The molecule has 4 aromatic carbocycles. The van der Waals surface area contributed by atoms with Crippen LogP contribution in [0, 0.1) is 0 Å². The molecular formula is C41H41N7O10S2. The molecule has 0 bridgehead atoms. The zero-order chi connectivity index (χ0) is 42.3. The third-order valence-electron chi connectivity index (χ3n) is 9.78. The van der Waals surface area contributed by atoms with E-state index in [2.05, 4.69) is 18.7 Å². The van der Waals surface area contributed by atoms with E-state index in [1.165, 1.54) is 28.8 Å². The summed E-state index contributed by atoms with van der Waals surface area (Å²) in [6, 6.07) is 25.9.